The molecule has 9 nitrogen and oxygen atoms in total. The van der Waals surface area contributed by atoms with Crippen LogP contribution in [0.1, 0.15) is 36.8 Å². The summed E-state index contributed by atoms with van der Waals surface area (Å²) in [6.07, 6.45) is 2.53. The van der Waals surface area contributed by atoms with Crippen molar-refractivity contribution >= 4 is 78.4 Å². The van der Waals surface area contributed by atoms with Gasteiger partial charge < -0.3 is 5.11 Å². The molecular weight excluding hydrogens is 692 g/mol. The first-order valence-corrected chi connectivity index (χ1v) is 17.0. The van der Waals surface area contributed by atoms with Gasteiger partial charge in [-0.3, -0.25) is 29.2 Å². The van der Waals surface area contributed by atoms with E-state index in [1.54, 1.807) is 54.3 Å². The number of aromatic nitrogens is 2. The summed E-state index contributed by atoms with van der Waals surface area (Å²) in [7, 11) is 1.71. The van der Waals surface area contributed by atoms with Crippen molar-refractivity contribution in [1.29, 1.82) is 0 Å². The zero-order valence-corrected chi connectivity index (χ0v) is 28.2. The lowest BCUT2D eigenvalue weighted by atomic mass is 9.51. The van der Waals surface area contributed by atoms with Crippen LogP contribution in [0, 0.1) is 36.0 Å². The first kappa shape index (κ1) is 29.6. The van der Waals surface area contributed by atoms with Crippen LogP contribution >= 0.6 is 38.9 Å². The minimum absolute atomic E-state index is 0.00865. The fraction of sp³-hybridized carbons (Fsp3) is 0.324. The van der Waals surface area contributed by atoms with E-state index >= 15 is 0 Å². The average Bonchev–Trinajstić information content (AvgIpc) is 3.70. The number of anilines is 1. The third-order valence-corrected chi connectivity index (χ3v) is 12.7. The predicted molar refractivity (Wildman–Crippen MR) is 177 cm³/mol. The van der Waals surface area contributed by atoms with Crippen molar-refractivity contribution in [2.24, 2.45) is 36.1 Å². The highest BCUT2D eigenvalue weighted by Gasteiger charge is 2.67. The number of fused-ring (bicyclic) bond motifs is 5. The number of imide groups is 2. The molecule has 3 fully saturated rings. The Balaban J connectivity index is 1.27. The molecule has 4 heterocycles. The summed E-state index contributed by atoms with van der Waals surface area (Å²) in [6, 6.07) is 12.6. The summed E-state index contributed by atoms with van der Waals surface area (Å²) < 4.78 is 3.31. The van der Waals surface area contributed by atoms with Gasteiger partial charge in [0, 0.05) is 38.8 Å². The molecule has 2 N–H and O–H groups in total. The topological polar surface area (TPSA) is 122 Å². The Bertz CT molecular complexity index is 2100. The van der Waals surface area contributed by atoms with Crippen LogP contribution < -0.4 is 10.2 Å². The molecule has 2 aromatic carbocycles. The Morgan fingerprint density at radius 3 is 2.65 bits per heavy atom. The molecule has 4 aliphatic rings. The zero-order valence-electron chi connectivity index (χ0n) is 25.0. The molecule has 8 rings (SSSR count). The molecule has 12 heteroatoms. The number of carbonyl (C=O) groups is 4. The van der Waals surface area contributed by atoms with E-state index in [4.69, 9.17) is 16.7 Å². The molecule has 4 amide bonds. The average molecular weight is 720 g/mol. The van der Waals surface area contributed by atoms with Gasteiger partial charge in [0.2, 0.25) is 23.6 Å². The fourth-order valence-corrected chi connectivity index (χ4v) is 10.2. The summed E-state index contributed by atoms with van der Waals surface area (Å²) in [6.45, 7) is 3.80. The van der Waals surface area contributed by atoms with Gasteiger partial charge in [-0.25, -0.2) is 4.90 Å². The number of phenolic OH excluding ortho intramolecular Hbond substituents is 1. The molecule has 2 aliphatic carbocycles. The summed E-state index contributed by atoms with van der Waals surface area (Å²) in [5.41, 5.74) is 1.67. The van der Waals surface area contributed by atoms with Crippen LogP contribution in [-0.4, -0.2) is 38.5 Å². The number of rotatable bonds is 3. The van der Waals surface area contributed by atoms with Crippen molar-refractivity contribution in [3.63, 3.8) is 0 Å². The van der Waals surface area contributed by atoms with Crippen LogP contribution in [0.3, 0.4) is 0 Å². The molecule has 6 atom stereocenters. The summed E-state index contributed by atoms with van der Waals surface area (Å²) in [5, 5.41) is 20.1. The zero-order chi connectivity index (χ0) is 32.4. The lowest BCUT2D eigenvalue weighted by Crippen LogP contribution is -2.48. The number of benzene rings is 2. The van der Waals surface area contributed by atoms with Crippen molar-refractivity contribution in [3.05, 3.63) is 74.7 Å². The number of aromatic hydroxyl groups is 1. The first-order chi connectivity index (χ1) is 21.9. The van der Waals surface area contributed by atoms with Gasteiger partial charge in [-0.2, -0.15) is 5.10 Å². The van der Waals surface area contributed by atoms with E-state index in [0.717, 1.165) is 26.1 Å². The van der Waals surface area contributed by atoms with Gasteiger partial charge in [0.15, 0.2) is 0 Å². The number of aryl methyl sites for hydroxylation is 2. The quantitative estimate of drug-likeness (QED) is 0.191. The van der Waals surface area contributed by atoms with Crippen LogP contribution in [0.5, 0.6) is 5.75 Å². The molecule has 234 valence electrons. The standard InChI is InChI=1S/C34H28BrClN4O5S/c1-14-19-11-16(36)5-9-25(19)46-29(14)23-13-26(39(3)38-23)40-32(44)22-12-20-17(6-7-18-27(20)31(43)37-30(18)42)28(34(22,2)33(40)45)21-10-15(35)4-8-24(21)41/h4-6,8-11,13,18,20,22,27-28,41H,7,12H2,1-3H3,(H,37,42,43)/t18-,20+,22-,27-,28+,34+/m0/s1. The molecular formula is C34H28BrClN4O5S. The Kier molecular flexibility index (Phi) is 6.50. The van der Waals surface area contributed by atoms with E-state index < -0.39 is 40.9 Å². The number of halogens is 2. The second-order valence-electron chi connectivity index (χ2n) is 12.9. The SMILES string of the molecule is Cc1c(-c2cc(N3C(=O)[C@@H]4C[C@@H]5C(=CC[C@@H]6C(=O)NC(=O)[C@@H]65)[C@H](c5cc(Br)ccc5O)[C@]4(C)C3=O)n(C)n2)sc2ccc(Cl)cc12. The monoisotopic (exact) mass is 718 g/mol. The second kappa shape index (κ2) is 10.1. The van der Waals surface area contributed by atoms with Crippen LogP contribution in [0.15, 0.2) is 58.6 Å². The Morgan fingerprint density at radius 2 is 1.87 bits per heavy atom. The van der Waals surface area contributed by atoms with Gasteiger partial charge in [-0.1, -0.05) is 39.2 Å². The van der Waals surface area contributed by atoms with Crippen molar-refractivity contribution in [2.45, 2.75) is 32.6 Å². The number of hydrogen-bond acceptors (Lipinski definition) is 7. The van der Waals surface area contributed by atoms with Crippen molar-refractivity contribution in [2.75, 3.05) is 4.90 Å². The number of thiophene rings is 1. The van der Waals surface area contributed by atoms with Gasteiger partial charge in [0.1, 0.15) is 17.3 Å². The number of nitrogens with zero attached hydrogens (tertiary/aromatic N) is 3. The van der Waals surface area contributed by atoms with Crippen LogP contribution in [-0.2, 0) is 26.2 Å². The minimum atomic E-state index is -1.28. The first-order valence-electron chi connectivity index (χ1n) is 15.0. The van der Waals surface area contributed by atoms with Gasteiger partial charge in [-0.15, -0.1) is 11.3 Å². The maximum Gasteiger partial charge on any atom is 0.242 e. The van der Waals surface area contributed by atoms with Gasteiger partial charge in [0.25, 0.3) is 0 Å². The second-order valence-corrected chi connectivity index (χ2v) is 15.3. The molecule has 0 unspecified atom stereocenters. The fourth-order valence-electron chi connectivity index (χ4n) is 8.46. The lowest BCUT2D eigenvalue weighted by molar-refractivity contribution is -0.131. The predicted octanol–water partition coefficient (Wildman–Crippen LogP) is 6.25. The highest BCUT2D eigenvalue weighted by molar-refractivity contribution is 9.10. The third-order valence-electron chi connectivity index (χ3n) is 10.6. The number of amides is 4. The molecule has 2 saturated heterocycles. The number of allylic oxidation sites excluding steroid dienone is 2. The number of nitrogens with one attached hydrogen (secondary N) is 1. The highest BCUT2D eigenvalue weighted by atomic mass is 79.9. The molecule has 0 spiro atoms. The van der Waals surface area contributed by atoms with E-state index in [0.29, 0.717) is 33.0 Å². The van der Waals surface area contributed by atoms with Crippen LogP contribution in [0.25, 0.3) is 20.7 Å². The molecule has 0 radical (unpaired) electrons. The van der Waals surface area contributed by atoms with Gasteiger partial charge in [0.05, 0.1) is 28.0 Å². The molecule has 0 bridgehead atoms. The van der Waals surface area contributed by atoms with Crippen LogP contribution in [0.4, 0.5) is 5.82 Å². The van der Waals surface area contributed by atoms with E-state index in [9.17, 15) is 24.3 Å². The minimum Gasteiger partial charge on any atom is -0.508 e. The normalized spacial score (nSPS) is 28.8. The lowest BCUT2D eigenvalue weighted by Gasteiger charge is -2.49. The largest absolute Gasteiger partial charge is 0.508 e. The number of hydrogen-bond donors (Lipinski definition) is 2. The van der Waals surface area contributed by atoms with Crippen LogP contribution in [0.2, 0.25) is 5.02 Å². The summed E-state index contributed by atoms with van der Waals surface area (Å²) in [4.78, 5) is 57.3. The smallest absolute Gasteiger partial charge is 0.242 e. The maximum atomic E-state index is 14.8. The third kappa shape index (κ3) is 3.94. The number of phenols is 1. The molecule has 1 saturated carbocycles. The molecule has 46 heavy (non-hydrogen) atoms. The van der Waals surface area contributed by atoms with Crippen molar-refractivity contribution < 1.29 is 24.3 Å². The van der Waals surface area contributed by atoms with Crippen molar-refractivity contribution in [3.8, 4) is 16.3 Å². The Labute approximate surface area is 281 Å². The summed E-state index contributed by atoms with van der Waals surface area (Å²) >= 11 is 11.4. The van der Waals surface area contributed by atoms with E-state index in [1.165, 1.54) is 4.90 Å². The van der Waals surface area contributed by atoms with Gasteiger partial charge >= 0.3 is 0 Å². The Hall–Kier alpha value is -3.80. The van der Waals surface area contributed by atoms with Crippen molar-refractivity contribution in [1.82, 2.24) is 15.1 Å². The highest BCUT2D eigenvalue weighted by Crippen LogP contribution is 2.64. The summed E-state index contributed by atoms with van der Waals surface area (Å²) in [5.74, 6) is -4.22. The van der Waals surface area contributed by atoms with E-state index in [1.807, 2.05) is 31.2 Å². The Morgan fingerprint density at radius 1 is 1.09 bits per heavy atom. The van der Waals surface area contributed by atoms with Gasteiger partial charge in [-0.05, 0) is 80.0 Å². The molecule has 2 aliphatic heterocycles. The number of carbonyl (C=O) groups excluding carboxylic acids is 4. The van der Waals surface area contributed by atoms with E-state index in [2.05, 4.69) is 21.2 Å². The molecule has 4 aromatic rings. The van der Waals surface area contributed by atoms with E-state index in [-0.39, 0.29) is 29.9 Å². The maximum absolute atomic E-state index is 14.8. The molecule has 2 aromatic heterocycles.